The number of carbonyl (C=O) groups is 1. The molecule has 1 unspecified atom stereocenters. The number of esters is 1. The van der Waals surface area contributed by atoms with Crippen molar-refractivity contribution in [2.24, 2.45) is 5.73 Å². The van der Waals surface area contributed by atoms with Gasteiger partial charge < -0.3 is 10.5 Å². The lowest BCUT2D eigenvalue weighted by Crippen LogP contribution is -2.46. The van der Waals surface area contributed by atoms with Crippen LogP contribution in [0.4, 0.5) is 0 Å². The third-order valence-corrected chi connectivity index (χ3v) is 3.60. The van der Waals surface area contributed by atoms with Gasteiger partial charge in [-0.25, -0.2) is 4.98 Å². The monoisotopic (exact) mass is 282 g/mol. The number of rotatable bonds is 6. The molecule has 0 aromatic carbocycles. The maximum absolute atomic E-state index is 11.6. The van der Waals surface area contributed by atoms with Crippen molar-refractivity contribution < 1.29 is 9.53 Å². The zero-order chi connectivity index (χ0) is 14.5. The summed E-state index contributed by atoms with van der Waals surface area (Å²) in [5, 5.41) is 0.970. The molecular formula is C14H22N2O2S. The van der Waals surface area contributed by atoms with Gasteiger partial charge >= 0.3 is 5.97 Å². The molecule has 0 saturated carbocycles. The van der Waals surface area contributed by atoms with E-state index in [4.69, 9.17) is 10.5 Å². The first-order valence-electron chi connectivity index (χ1n) is 6.39. The van der Waals surface area contributed by atoms with E-state index in [1.54, 1.807) is 25.6 Å². The predicted octanol–water partition coefficient (Wildman–Crippen LogP) is 2.46. The van der Waals surface area contributed by atoms with E-state index in [9.17, 15) is 4.79 Å². The highest BCUT2D eigenvalue weighted by molar-refractivity contribution is 7.99. The number of carbonyl (C=O) groups excluding carboxylic acids is 1. The molecule has 0 aliphatic carbocycles. The van der Waals surface area contributed by atoms with E-state index in [0.717, 1.165) is 16.5 Å². The zero-order valence-electron chi connectivity index (χ0n) is 12.0. The summed E-state index contributed by atoms with van der Waals surface area (Å²) in [5.74, 6) is 0.394. The molecule has 5 heteroatoms. The largest absolute Gasteiger partial charge is 0.465 e. The number of nitrogens with two attached hydrogens (primary N) is 1. The maximum atomic E-state index is 11.6. The van der Waals surface area contributed by atoms with Crippen LogP contribution >= 0.6 is 11.8 Å². The molecule has 0 bridgehead atoms. The molecule has 4 nitrogen and oxygen atoms in total. The van der Waals surface area contributed by atoms with E-state index in [2.05, 4.69) is 4.98 Å². The molecule has 1 aromatic rings. The summed E-state index contributed by atoms with van der Waals surface area (Å²) in [6, 6.07) is 4.08. The Hall–Kier alpha value is -1.07. The van der Waals surface area contributed by atoms with E-state index in [-0.39, 0.29) is 5.97 Å². The fourth-order valence-electron chi connectivity index (χ4n) is 1.64. The van der Waals surface area contributed by atoms with Crippen LogP contribution in [0.1, 0.15) is 31.5 Å². The average molecular weight is 282 g/mol. The van der Waals surface area contributed by atoms with Crippen molar-refractivity contribution in [3.05, 3.63) is 23.4 Å². The Balaban J connectivity index is 2.51. The van der Waals surface area contributed by atoms with Crippen molar-refractivity contribution in [1.29, 1.82) is 0 Å². The van der Waals surface area contributed by atoms with E-state index in [1.165, 1.54) is 5.56 Å². The van der Waals surface area contributed by atoms with E-state index >= 15 is 0 Å². The predicted molar refractivity (Wildman–Crippen MR) is 78.3 cm³/mol. The van der Waals surface area contributed by atoms with Gasteiger partial charge in [-0.05, 0) is 51.8 Å². The SMILES string of the molecule is CCOC(=O)C(C)(N)CCSc1cc(C)cc(C)n1. The lowest BCUT2D eigenvalue weighted by Gasteiger charge is -2.21. The van der Waals surface area contributed by atoms with Crippen LogP contribution in [0.2, 0.25) is 0 Å². The molecule has 106 valence electrons. The molecule has 2 N–H and O–H groups in total. The number of hydrogen-bond donors (Lipinski definition) is 1. The van der Waals surface area contributed by atoms with Crippen molar-refractivity contribution in [2.75, 3.05) is 12.4 Å². The fourth-order valence-corrected chi connectivity index (χ4v) is 2.86. The molecule has 1 atom stereocenters. The average Bonchev–Trinajstić information content (AvgIpc) is 2.27. The summed E-state index contributed by atoms with van der Waals surface area (Å²) >= 11 is 1.61. The minimum absolute atomic E-state index is 0.344. The number of nitrogens with zero attached hydrogens (tertiary/aromatic N) is 1. The van der Waals surface area contributed by atoms with Gasteiger partial charge in [-0.3, -0.25) is 4.79 Å². The van der Waals surface area contributed by atoms with Crippen LogP contribution in [0.15, 0.2) is 17.2 Å². The molecule has 19 heavy (non-hydrogen) atoms. The highest BCUT2D eigenvalue weighted by atomic mass is 32.2. The van der Waals surface area contributed by atoms with Gasteiger partial charge in [0.2, 0.25) is 0 Å². The van der Waals surface area contributed by atoms with Gasteiger partial charge in [0.15, 0.2) is 0 Å². The van der Waals surface area contributed by atoms with Crippen molar-refractivity contribution in [1.82, 2.24) is 4.98 Å². The van der Waals surface area contributed by atoms with Gasteiger partial charge in [-0.1, -0.05) is 0 Å². The molecular weight excluding hydrogens is 260 g/mol. The fraction of sp³-hybridized carbons (Fsp3) is 0.571. The van der Waals surface area contributed by atoms with Gasteiger partial charge in [0.05, 0.1) is 11.6 Å². The Bertz CT molecular complexity index is 427. The van der Waals surface area contributed by atoms with Gasteiger partial charge in [0, 0.05) is 11.4 Å². The first-order valence-corrected chi connectivity index (χ1v) is 7.38. The van der Waals surface area contributed by atoms with Crippen molar-refractivity contribution >= 4 is 17.7 Å². The minimum Gasteiger partial charge on any atom is -0.465 e. The van der Waals surface area contributed by atoms with Gasteiger partial charge in [-0.15, -0.1) is 11.8 Å². The Morgan fingerprint density at radius 2 is 2.16 bits per heavy atom. The van der Waals surface area contributed by atoms with Crippen LogP contribution in [0.25, 0.3) is 0 Å². The van der Waals surface area contributed by atoms with Crippen LogP contribution < -0.4 is 5.73 Å². The van der Waals surface area contributed by atoms with Gasteiger partial charge in [0.25, 0.3) is 0 Å². The second-order valence-electron chi connectivity index (χ2n) is 4.86. The van der Waals surface area contributed by atoms with Crippen molar-refractivity contribution in [2.45, 2.75) is 44.7 Å². The summed E-state index contributed by atoms with van der Waals surface area (Å²) in [6.45, 7) is 7.87. The number of aromatic nitrogens is 1. The number of aryl methyl sites for hydroxylation is 2. The van der Waals surface area contributed by atoms with Crippen molar-refractivity contribution in [3.63, 3.8) is 0 Å². The second kappa shape index (κ2) is 6.91. The third-order valence-electron chi connectivity index (χ3n) is 2.69. The van der Waals surface area contributed by atoms with Gasteiger partial charge in [0.1, 0.15) is 5.54 Å². The standard InChI is InChI=1S/C14H22N2O2S/c1-5-18-13(17)14(4,15)6-7-19-12-9-10(2)8-11(3)16-12/h8-9H,5-7,15H2,1-4H3. The number of thioether (sulfide) groups is 1. The molecule has 1 rings (SSSR count). The van der Waals surface area contributed by atoms with Crippen LogP contribution in [-0.2, 0) is 9.53 Å². The summed E-state index contributed by atoms with van der Waals surface area (Å²) in [6.07, 6.45) is 0.561. The quantitative estimate of drug-likeness (QED) is 0.641. The number of hydrogen-bond acceptors (Lipinski definition) is 5. The third kappa shape index (κ3) is 5.20. The molecule has 0 saturated heterocycles. The molecule has 1 aromatic heterocycles. The van der Waals surface area contributed by atoms with Crippen LogP contribution in [0, 0.1) is 13.8 Å². The lowest BCUT2D eigenvalue weighted by atomic mass is 10.0. The minimum atomic E-state index is -0.929. The molecule has 0 fully saturated rings. The van der Waals surface area contributed by atoms with Crippen LogP contribution in [0.5, 0.6) is 0 Å². The van der Waals surface area contributed by atoms with E-state index in [1.807, 2.05) is 26.0 Å². The zero-order valence-corrected chi connectivity index (χ0v) is 12.8. The topological polar surface area (TPSA) is 65.2 Å². The van der Waals surface area contributed by atoms with E-state index in [0.29, 0.717) is 13.0 Å². The molecule has 0 radical (unpaired) electrons. The molecule has 0 aliphatic heterocycles. The molecule has 0 spiro atoms. The van der Waals surface area contributed by atoms with Gasteiger partial charge in [-0.2, -0.15) is 0 Å². The summed E-state index contributed by atoms with van der Waals surface area (Å²) in [7, 11) is 0. The molecule has 0 aliphatic rings. The van der Waals surface area contributed by atoms with Crippen molar-refractivity contribution in [3.8, 4) is 0 Å². The Morgan fingerprint density at radius 1 is 1.47 bits per heavy atom. The number of ether oxygens (including phenoxy) is 1. The first-order chi connectivity index (χ1) is 8.85. The molecule has 0 amide bonds. The summed E-state index contributed by atoms with van der Waals surface area (Å²) < 4.78 is 4.96. The Kier molecular flexibility index (Phi) is 5.82. The van der Waals surface area contributed by atoms with E-state index < -0.39 is 5.54 Å². The smallest absolute Gasteiger partial charge is 0.325 e. The van der Waals surface area contributed by atoms with Crippen LogP contribution in [0.3, 0.4) is 0 Å². The maximum Gasteiger partial charge on any atom is 0.325 e. The highest BCUT2D eigenvalue weighted by Crippen LogP contribution is 2.21. The molecule has 1 heterocycles. The Labute approximate surface area is 119 Å². The summed E-state index contributed by atoms with van der Waals surface area (Å²) in [4.78, 5) is 16.1. The lowest BCUT2D eigenvalue weighted by molar-refractivity contribution is -0.149. The normalized spacial score (nSPS) is 13.9. The number of pyridine rings is 1. The van der Waals surface area contributed by atoms with Crippen LogP contribution in [-0.4, -0.2) is 28.9 Å². The Morgan fingerprint density at radius 3 is 2.74 bits per heavy atom. The first kappa shape index (κ1) is 16.0. The highest BCUT2D eigenvalue weighted by Gasteiger charge is 2.29. The summed E-state index contributed by atoms with van der Waals surface area (Å²) in [5.41, 5.74) is 7.23. The second-order valence-corrected chi connectivity index (χ2v) is 5.98.